The molecule has 2 aliphatic heterocycles. The quantitative estimate of drug-likeness (QED) is 0.812. The molecule has 3 rings (SSSR count). The predicted octanol–water partition coefficient (Wildman–Crippen LogP) is 1.48. The van der Waals surface area contributed by atoms with Crippen molar-refractivity contribution in [2.75, 3.05) is 67.0 Å². The molecule has 7 heteroatoms. The molecule has 1 aromatic carbocycles. The largest absolute Gasteiger partial charge is 0.348 e. The fourth-order valence-corrected chi connectivity index (χ4v) is 4.11. The van der Waals surface area contributed by atoms with E-state index < -0.39 is 0 Å². The molecule has 1 atom stereocenters. The van der Waals surface area contributed by atoms with Crippen LogP contribution in [0.2, 0.25) is 0 Å². The SMILES string of the molecule is CN1CCN(CC(NC(=O)C2CCN(C(=O)N(C)C)CC2)c2ccccc2)CC1. The summed E-state index contributed by atoms with van der Waals surface area (Å²) in [6.45, 7) is 6.30. The van der Waals surface area contributed by atoms with Gasteiger partial charge in [-0.3, -0.25) is 9.69 Å². The van der Waals surface area contributed by atoms with Gasteiger partial charge in [-0.1, -0.05) is 30.3 Å². The second-order valence-corrected chi connectivity index (χ2v) is 8.51. The monoisotopic (exact) mass is 401 g/mol. The lowest BCUT2D eigenvalue weighted by Crippen LogP contribution is -2.49. The van der Waals surface area contributed by atoms with E-state index in [0.717, 1.165) is 51.1 Å². The van der Waals surface area contributed by atoms with Crippen LogP contribution in [0.4, 0.5) is 4.79 Å². The fourth-order valence-electron chi connectivity index (χ4n) is 4.11. The summed E-state index contributed by atoms with van der Waals surface area (Å²) in [6, 6.07) is 10.3. The van der Waals surface area contributed by atoms with Crippen molar-refractivity contribution in [2.24, 2.45) is 5.92 Å². The Hall–Kier alpha value is -2.12. The molecule has 0 radical (unpaired) electrons. The van der Waals surface area contributed by atoms with Crippen molar-refractivity contribution in [3.8, 4) is 0 Å². The fraction of sp³-hybridized carbons (Fsp3) is 0.636. The van der Waals surface area contributed by atoms with Gasteiger partial charge >= 0.3 is 6.03 Å². The third-order valence-corrected chi connectivity index (χ3v) is 6.07. The van der Waals surface area contributed by atoms with E-state index in [0.29, 0.717) is 13.1 Å². The zero-order valence-corrected chi connectivity index (χ0v) is 18.0. The van der Waals surface area contributed by atoms with E-state index in [-0.39, 0.29) is 23.9 Å². The molecule has 2 aliphatic rings. The number of piperazine rings is 1. The average molecular weight is 402 g/mol. The van der Waals surface area contributed by atoms with E-state index in [4.69, 9.17) is 0 Å². The lowest BCUT2D eigenvalue weighted by molar-refractivity contribution is -0.127. The topological polar surface area (TPSA) is 59.1 Å². The number of hydrogen-bond donors (Lipinski definition) is 1. The molecule has 2 heterocycles. The molecule has 29 heavy (non-hydrogen) atoms. The van der Waals surface area contributed by atoms with Crippen molar-refractivity contribution in [3.63, 3.8) is 0 Å². The van der Waals surface area contributed by atoms with Crippen molar-refractivity contribution in [2.45, 2.75) is 18.9 Å². The van der Waals surface area contributed by atoms with Gasteiger partial charge < -0.3 is 20.0 Å². The summed E-state index contributed by atoms with van der Waals surface area (Å²) in [5, 5.41) is 3.32. The van der Waals surface area contributed by atoms with Gasteiger partial charge in [0.15, 0.2) is 0 Å². The number of benzene rings is 1. The van der Waals surface area contributed by atoms with Gasteiger partial charge in [0.2, 0.25) is 5.91 Å². The van der Waals surface area contributed by atoms with Crippen molar-refractivity contribution in [1.82, 2.24) is 24.9 Å². The van der Waals surface area contributed by atoms with E-state index in [2.05, 4.69) is 34.3 Å². The summed E-state index contributed by atoms with van der Waals surface area (Å²) in [5.41, 5.74) is 1.15. The number of nitrogens with zero attached hydrogens (tertiary/aromatic N) is 4. The molecule has 0 saturated carbocycles. The minimum Gasteiger partial charge on any atom is -0.348 e. The van der Waals surface area contributed by atoms with Crippen LogP contribution in [0.5, 0.6) is 0 Å². The second-order valence-electron chi connectivity index (χ2n) is 8.51. The van der Waals surface area contributed by atoms with Crippen LogP contribution in [0.25, 0.3) is 0 Å². The van der Waals surface area contributed by atoms with Crippen LogP contribution < -0.4 is 5.32 Å². The molecule has 160 valence electrons. The molecule has 0 aromatic heterocycles. The predicted molar refractivity (Wildman–Crippen MR) is 115 cm³/mol. The van der Waals surface area contributed by atoms with Crippen molar-refractivity contribution < 1.29 is 9.59 Å². The van der Waals surface area contributed by atoms with Gasteiger partial charge in [-0.25, -0.2) is 4.79 Å². The molecule has 0 spiro atoms. The highest BCUT2D eigenvalue weighted by Gasteiger charge is 2.30. The third kappa shape index (κ3) is 5.93. The molecule has 3 amide bonds. The number of rotatable bonds is 5. The van der Waals surface area contributed by atoms with Crippen LogP contribution in [0.3, 0.4) is 0 Å². The zero-order chi connectivity index (χ0) is 20.8. The van der Waals surface area contributed by atoms with E-state index in [1.807, 2.05) is 23.1 Å². The first-order valence-electron chi connectivity index (χ1n) is 10.7. The minimum absolute atomic E-state index is 0.00598. The van der Waals surface area contributed by atoms with Gasteiger partial charge in [-0.15, -0.1) is 0 Å². The lowest BCUT2D eigenvalue weighted by atomic mass is 9.95. The summed E-state index contributed by atoms with van der Waals surface area (Å²) in [5.74, 6) is 0.0878. The molecule has 0 aliphatic carbocycles. The van der Waals surface area contributed by atoms with Crippen LogP contribution in [-0.2, 0) is 4.79 Å². The van der Waals surface area contributed by atoms with E-state index >= 15 is 0 Å². The first kappa shape index (κ1) is 21.6. The number of carbonyl (C=O) groups is 2. The Balaban J connectivity index is 1.59. The molecule has 0 bridgehead atoms. The van der Waals surface area contributed by atoms with E-state index in [1.165, 1.54) is 0 Å². The molecule has 2 saturated heterocycles. The van der Waals surface area contributed by atoms with Gasteiger partial charge in [0.25, 0.3) is 0 Å². The maximum atomic E-state index is 13.0. The molecule has 1 aromatic rings. The number of likely N-dealkylation sites (tertiary alicyclic amines) is 1. The van der Waals surface area contributed by atoms with Gasteiger partial charge in [-0.2, -0.15) is 0 Å². The lowest BCUT2D eigenvalue weighted by Gasteiger charge is -2.36. The highest BCUT2D eigenvalue weighted by Crippen LogP contribution is 2.21. The second kappa shape index (κ2) is 10.1. The number of carbonyl (C=O) groups excluding carboxylic acids is 2. The molecule has 7 nitrogen and oxygen atoms in total. The Labute approximate surface area is 174 Å². The maximum absolute atomic E-state index is 13.0. The van der Waals surface area contributed by atoms with Gasteiger partial charge in [-0.05, 0) is 25.5 Å². The molecule has 1 N–H and O–H groups in total. The number of amides is 3. The van der Waals surface area contributed by atoms with Gasteiger partial charge in [0, 0.05) is 65.8 Å². The first-order chi connectivity index (χ1) is 13.9. The minimum atomic E-state index is -0.0279. The summed E-state index contributed by atoms with van der Waals surface area (Å²) in [7, 11) is 5.69. The molecule has 1 unspecified atom stereocenters. The van der Waals surface area contributed by atoms with Crippen molar-refractivity contribution in [1.29, 1.82) is 0 Å². The number of hydrogen-bond acceptors (Lipinski definition) is 4. The Morgan fingerprint density at radius 3 is 2.24 bits per heavy atom. The van der Waals surface area contributed by atoms with Gasteiger partial charge in [0.05, 0.1) is 6.04 Å². The molecular weight excluding hydrogens is 366 g/mol. The Morgan fingerprint density at radius 1 is 1.03 bits per heavy atom. The van der Waals surface area contributed by atoms with E-state index in [1.54, 1.807) is 19.0 Å². The number of likely N-dealkylation sites (N-methyl/N-ethyl adjacent to an activating group) is 1. The summed E-state index contributed by atoms with van der Waals surface area (Å²) in [6.07, 6.45) is 1.45. The zero-order valence-electron chi connectivity index (χ0n) is 18.0. The number of piperidine rings is 1. The van der Waals surface area contributed by atoms with Crippen LogP contribution in [0.1, 0.15) is 24.4 Å². The third-order valence-electron chi connectivity index (χ3n) is 6.07. The Bertz CT molecular complexity index is 665. The standard InChI is InChI=1S/C22H35N5O2/c1-24(2)22(29)27-11-9-19(10-12-27)21(28)23-20(18-7-5-4-6-8-18)17-26-15-13-25(3)14-16-26/h4-8,19-20H,9-17H2,1-3H3,(H,23,28). The van der Waals surface area contributed by atoms with Crippen LogP contribution >= 0.6 is 0 Å². The van der Waals surface area contributed by atoms with Crippen LogP contribution in [0, 0.1) is 5.92 Å². The van der Waals surface area contributed by atoms with Crippen molar-refractivity contribution >= 4 is 11.9 Å². The smallest absolute Gasteiger partial charge is 0.319 e. The van der Waals surface area contributed by atoms with Crippen molar-refractivity contribution in [3.05, 3.63) is 35.9 Å². The van der Waals surface area contributed by atoms with Crippen LogP contribution in [-0.4, -0.2) is 98.5 Å². The highest BCUT2D eigenvalue weighted by atomic mass is 16.2. The van der Waals surface area contributed by atoms with Crippen LogP contribution in [0.15, 0.2) is 30.3 Å². The van der Waals surface area contributed by atoms with E-state index in [9.17, 15) is 9.59 Å². The number of nitrogens with one attached hydrogen (secondary N) is 1. The molecular formula is C22H35N5O2. The average Bonchev–Trinajstić information content (AvgIpc) is 2.75. The Kier molecular flexibility index (Phi) is 7.50. The molecule has 2 fully saturated rings. The first-order valence-corrected chi connectivity index (χ1v) is 10.7. The summed E-state index contributed by atoms with van der Waals surface area (Å²) in [4.78, 5) is 33.4. The summed E-state index contributed by atoms with van der Waals surface area (Å²) < 4.78 is 0. The maximum Gasteiger partial charge on any atom is 0.319 e. The Morgan fingerprint density at radius 2 is 1.66 bits per heavy atom. The number of urea groups is 1. The normalized spacial score (nSPS) is 20.3. The summed E-state index contributed by atoms with van der Waals surface area (Å²) >= 11 is 0. The van der Waals surface area contributed by atoms with Gasteiger partial charge in [0.1, 0.15) is 0 Å². The highest BCUT2D eigenvalue weighted by molar-refractivity contribution is 5.80.